The fourth-order valence-corrected chi connectivity index (χ4v) is 3.09. The van der Waals surface area contributed by atoms with Crippen LogP contribution < -0.4 is 10.0 Å². The number of amides is 1. The number of nitrogens with zero attached hydrogens (tertiary/aromatic N) is 3. The van der Waals surface area contributed by atoms with Gasteiger partial charge >= 0.3 is 0 Å². The van der Waals surface area contributed by atoms with Crippen molar-refractivity contribution in [3.8, 4) is 0 Å². The lowest BCUT2D eigenvalue weighted by Crippen LogP contribution is -2.46. The van der Waals surface area contributed by atoms with Crippen molar-refractivity contribution in [1.29, 1.82) is 0 Å². The molecular weight excluding hydrogens is 349 g/mol. The fourth-order valence-electron chi connectivity index (χ4n) is 2.07. The molecule has 0 aliphatic heterocycles. The Kier molecular flexibility index (Phi) is 6.21. The predicted molar refractivity (Wildman–Crippen MR) is 88.4 cm³/mol. The van der Waals surface area contributed by atoms with E-state index in [9.17, 15) is 17.6 Å². The first kappa shape index (κ1) is 19.0. The number of aromatic nitrogens is 3. The maximum atomic E-state index is 13.2. The van der Waals surface area contributed by atoms with Gasteiger partial charge in [-0.3, -0.25) is 4.79 Å². The van der Waals surface area contributed by atoms with E-state index < -0.39 is 28.3 Å². The van der Waals surface area contributed by atoms with Crippen molar-refractivity contribution >= 4 is 15.9 Å². The molecule has 2 N–H and O–H groups in total. The highest BCUT2D eigenvalue weighted by molar-refractivity contribution is 7.89. The number of rotatable bonds is 8. The van der Waals surface area contributed by atoms with Gasteiger partial charge in [-0.1, -0.05) is 19.9 Å². The Morgan fingerprint density at radius 3 is 2.56 bits per heavy atom. The summed E-state index contributed by atoms with van der Waals surface area (Å²) < 4.78 is 39.5. The molecule has 1 unspecified atom stereocenters. The first-order chi connectivity index (χ1) is 11.8. The van der Waals surface area contributed by atoms with Crippen LogP contribution in [0.3, 0.4) is 0 Å². The van der Waals surface area contributed by atoms with E-state index in [1.165, 1.54) is 29.3 Å². The summed E-state index contributed by atoms with van der Waals surface area (Å²) in [6.07, 6.45) is 3.07. The van der Waals surface area contributed by atoms with Crippen LogP contribution in [-0.2, 0) is 21.4 Å². The van der Waals surface area contributed by atoms with Crippen LogP contribution >= 0.6 is 0 Å². The molecule has 0 radical (unpaired) electrons. The summed E-state index contributed by atoms with van der Waals surface area (Å²) in [6.45, 7) is 3.76. The van der Waals surface area contributed by atoms with Crippen molar-refractivity contribution < 1.29 is 17.6 Å². The highest BCUT2D eigenvalue weighted by Crippen LogP contribution is 2.10. The molecule has 0 spiro atoms. The third kappa shape index (κ3) is 5.61. The van der Waals surface area contributed by atoms with E-state index >= 15 is 0 Å². The number of benzene rings is 1. The third-order valence-corrected chi connectivity index (χ3v) is 4.91. The zero-order valence-corrected chi connectivity index (χ0v) is 14.7. The lowest BCUT2D eigenvalue weighted by molar-refractivity contribution is -0.121. The summed E-state index contributed by atoms with van der Waals surface area (Å²) >= 11 is 0. The molecule has 0 bridgehead atoms. The molecule has 2 aromatic rings. The Balaban J connectivity index is 1.94. The van der Waals surface area contributed by atoms with Crippen LogP contribution in [0.5, 0.6) is 0 Å². The number of halogens is 1. The van der Waals surface area contributed by atoms with Crippen LogP contribution in [0.4, 0.5) is 4.39 Å². The molecule has 1 atom stereocenters. The van der Waals surface area contributed by atoms with Gasteiger partial charge in [0, 0.05) is 0 Å². The Morgan fingerprint density at radius 1 is 1.28 bits per heavy atom. The van der Waals surface area contributed by atoms with Crippen molar-refractivity contribution in [2.75, 3.05) is 6.54 Å². The van der Waals surface area contributed by atoms with Crippen LogP contribution in [0.2, 0.25) is 0 Å². The highest BCUT2D eigenvalue weighted by Gasteiger charge is 2.20. The van der Waals surface area contributed by atoms with Crippen molar-refractivity contribution in [3.05, 3.63) is 42.5 Å². The number of carbonyl (C=O) groups is 1. The number of carbonyl (C=O) groups excluding carboxylic acids is 1. The molecule has 0 aliphatic carbocycles. The second-order valence-electron chi connectivity index (χ2n) is 5.78. The van der Waals surface area contributed by atoms with Gasteiger partial charge in [0.25, 0.3) is 0 Å². The van der Waals surface area contributed by atoms with E-state index in [2.05, 4.69) is 20.2 Å². The van der Waals surface area contributed by atoms with Gasteiger partial charge in [-0.15, -0.1) is 0 Å². The predicted octanol–water partition coefficient (Wildman–Crippen LogP) is 0.537. The largest absolute Gasteiger partial charge is 0.350 e. The molecule has 25 heavy (non-hydrogen) atoms. The normalized spacial score (nSPS) is 13.0. The van der Waals surface area contributed by atoms with Crippen LogP contribution in [0, 0.1) is 11.7 Å². The van der Waals surface area contributed by atoms with Crippen LogP contribution in [-0.4, -0.2) is 41.9 Å². The number of hydrogen-bond donors (Lipinski definition) is 2. The maximum absolute atomic E-state index is 13.2. The van der Waals surface area contributed by atoms with E-state index in [-0.39, 0.29) is 16.9 Å². The summed E-state index contributed by atoms with van der Waals surface area (Å²) in [5.41, 5.74) is 0. The molecule has 1 aromatic heterocycles. The molecule has 10 heteroatoms. The number of sulfonamides is 1. The van der Waals surface area contributed by atoms with Gasteiger partial charge in [0.1, 0.15) is 5.82 Å². The quantitative estimate of drug-likeness (QED) is 0.706. The Morgan fingerprint density at radius 2 is 1.96 bits per heavy atom. The lowest BCUT2D eigenvalue weighted by Gasteiger charge is -2.22. The SMILES string of the molecule is CC(C)C(Cn1nccn1)NC(=O)CNS(=O)(=O)c1cccc(F)c1. The van der Waals surface area contributed by atoms with Crippen molar-refractivity contribution in [2.24, 2.45) is 5.92 Å². The van der Waals surface area contributed by atoms with Crippen molar-refractivity contribution in [1.82, 2.24) is 25.0 Å². The van der Waals surface area contributed by atoms with E-state index in [1.807, 2.05) is 13.8 Å². The number of nitrogens with one attached hydrogen (secondary N) is 2. The van der Waals surface area contributed by atoms with Gasteiger partial charge < -0.3 is 5.32 Å². The minimum atomic E-state index is -3.96. The molecule has 0 saturated carbocycles. The van der Waals surface area contributed by atoms with Gasteiger partial charge in [-0.25, -0.2) is 17.5 Å². The fraction of sp³-hybridized carbons (Fsp3) is 0.400. The van der Waals surface area contributed by atoms with Crippen molar-refractivity contribution in [3.63, 3.8) is 0 Å². The molecule has 136 valence electrons. The molecule has 8 nitrogen and oxygen atoms in total. The van der Waals surface area contributed by atoms with E-state index in [0.29, 0.717) is 6.54 Å². The van der Waals surface area contributed by atoms with Gasteiger partial charge in [0.05, 0.1) is 36.4 Å². The summed E-state index contributed by atoms with van der Waals surface area (Å²) in [4.78, 5) is 13.3. The van der Waals surface area contributed by atoms with Crippen LogP contribution in [0.15, 0.2) is 41.6 Å². The monoisotopic (exact) mass is 369 g/mol. The van der Waals surface area contributed by atoms with Gasteiger partial charge in [0.15, 0.2) is 0 Å². The molecule has 0 aliphatic rings. The average Bonchev–Trinajstić information content (AvgIpc) is 3.05. The van der Waals surface area contributed by atoms with Crippen LogP contribution in [0.1, 0.15) is 13.8 Å². The highest BCUT2D eigenvalue weighted by atomic mass is 32.2. The minimum Gasteiger partial charge on any atom is -0.350 e. The molecule has 1 aromatic carbocycles. The topological polar surface area (TPSA) is 106 Å². The van der Waals surface area contributed by atoms with E-state index in [0.717, 1.165) is 12.1 Å². The van der Waals surface area contributed by atoms with Crippen molar-refractivity contribution in [2.45, 2.75) is 31.3 Å². The maximum Gasteiger partial charge on any atom is 0.241 e. The molecule has 0 saturated heterocycles. The third-order valence-electron chi connectivity index (χ3n) is 3.51. The molecule has 0 fully saturated rings. The molecule has 1 heterocycles. The summed E-state index contributed by atoms with van der Waals surface area (Å²) in [5.74, 6) is -1.07. The zero-order valence-electron chi connectivity index (χ0n) is 13.9. The minimum absolute atomic E-state index is 0.0924. The van der Waals surface area contributed by atoms with Crippen LogP contribution in [0.25, 0.3) is 0 Å². The molecule has 2 rings (SSSR count). The second-order valence-corrected chi connectivity index (χ2v) is 7.55. The lowest BCUT2D eigenvalue weighted by atomic mass is 10.0. The zero-order chi connectivity index (χ0) is 18.4. The first-order valence-electron chi connectivity index (χ1n) is 7.66. The summed E-state index contributed by atoms with van der Waals surface area (Å²) in [5, 5.41) is 10.7. The number of hydrogen-bond acceptors (Lipinski definition) is 5. The summed E-state index contributed by atoms with van der Waals surface area (Å²) in [6, 6.07) is 4.31. The summed E-state index contributed by atoms with van der Waals surface area (Å²) in [7, 11) is -3.96. The Labute approximate surface area is 145 Å². The first-order valence-corrected chi connectivity index (χ1v) is 9.15. The molecular formula is C15H20FN5O3S. The Hall–Kier alpha value is -2.33. The van der Waals surface area contributed by atoms with Gasteiger partial charge in [-0.05, 0) is 24.1 Å². The molecule has 1 amide bonds. The van der Waals surface area contributed by atoms with Gasteiger partial charge in [0.2, 0.25) is 15.9 Å². The van der Waals surface area contributed by atoms with E-state index in [1.54, 1.807) is 0 Å². The average molecular weight is 369 g/mol. The second kappa shape index (κ2) is 8.17. The van der Waals surface area contributed by atoms with E-state index in [4.69, 9.17) is 0 Å². The van der Waals surface area contributed by atoms with Gasteiger partial charge in [-0.2, -0.15) is 15.0 Å². The Bertz CT molecular complexity index is 808. The smallest absolute Gasteiger partial charge is 0.241 e. The standard InChI is InChI=1S/C15H20FN5O3S/c1-11(2)14(10-21-17-6-7-18-21)20-15(22)9-19-25(23,24)13-5-3-4-12(16)8-13/h3-8,11,14,19H,9-10H2,1-2H3,(H,20,22).